The maximum Gasteiger partial charge on any atom is 0.311 e. The van der Waals surface area contributed by atoms with Gasteiger partial charge >= 0.3 is 5.69 Å². The first-order valence-electron chi connectivity index (χ1n) is 8.51. The van der Waals surface area contributed by atoms with E-state index in [9.17, 15) is 14.9 Å². The van der Waals surface area contributed by atoms with Gasteiger partial charge < -0.3 is 15.4 Å². The third-order valence-corrected chi connectivity index (χ3v) is 3.84. The first kappa shape index (κ1) is 19.4. The molecule has 26 heavy (non-hydrogen) atoms. The predicted molar refractivity (Wildman–Crippen MR) is 99.1 cm³/mol. The molecule has 0 atom stereocenters. The van der Waals surface area contributed by atoms with Crippen molar-refractivity contribution < 1.29 is 14.5 Å². The van der Waals surface area contributed by atoms with Crippen LogP contribution in [0.25, 0.3) is 0 Å². The normalized spacial score (nSPS) is 10.4. The smallest absolute Gasteiger partial charge is 0.311 e. The van der Waals surface area contributed by atoms with Crippen molar-refractivity contribution >= 4 is 11.6 Å². The van der Waals surface area contributed by atoms with Crippen LogP contribution in [0.1, 0.15) is 29.3 Å². The lowest BCUT2D eigenvalue weighted by atomic mass is 10.1. The summed E-state index contributed by atoms with van der Waals surface area (Å²) in [5.41, 5.74) is 6.61. The molecule has 0 heterocycles. The molecule has 0 saturated heterocycles. The predicted octanol–water partition coefficient (Wildman–Crippen LogP) is 2.98. The van der Waals surface area contributed by atoms with E-state index < -0.39 is 4.92 Å². The van der Waals surface area contributed by atoms with Gasteiger partial charge in [-0.15, -0.1) is 0 Å². The number of benzene rings is 2. The van der Waals surface area contributed by atoms with Crippen LogP contribution in [0.3, 0.4) is 0 Å². The highest BCUT2D eigenvalue weighted by molar-refractivity contribution is 5.95. The first-order chi connectivity index (χ1) is 12.6. The molecule has 2 N–H and O–H groups in total. The highest BCUT2D eigenvalue weighted by Crippen LogP contribution is 2.28. The maximum atomic E-state index is 12.9. The molecule has 2 aromatic carbocycles. The van der Waals surface area contributed by atoms with Gasteiger partial charge in [-0.1, -0.05) is 30.3 Å². The molecule has 0 radical (unpaired) electrons. The lowest BCUT2D eigenvalue weighted by molar-refractivity contribution is -0.385. The van der Waals surface area contributed by atoms with Crippen molar-refractivity contribution in [2.75, 3.05) is 19.7 Å². The van der Waals surface area contributed by atoms with Crippen molar-refractivity contribution in [3.63, 3.8) is 0 Å². The molecule has 0 aromatic heterocycles. The minimum atomic E-state index is -0.539. The number of rotatable bonds is 9. The molecule has 0 fully saturated rings. The van der Waals surface area contributed by atoms with Crippen molar-refractivity contribution in [1.29, 1.82) is 0 Å². The Morgan fingerprint density at radius 1 is 1.23 bits per heavy atom. The zero-order valence-corrected chi connectivity index (χ0v) is 14.8. The lowest BCUT2D eigenvalue weighted by Crippen LogP contribution is -2.32. The summed E-state index contributed by atoms with van der Waals surface area (Å²) in [5.74, 6) is -0.112. The van der Waals surface area contributed by atoms with Gasteiger partial charge in [-0.3, -0.25) is 14.9 Å². The number of nitro groups is 1. The molecule has 0 saturated carbocycles. The molecular weight excluding hydrogens is 334 g/mol. The molecule has 0 aliphatic rings. The molecule has 0 spiro atoms. The fourth-order valence-electron chi connectivity index (χ4n) is 2.59. The Balaban J connectivity index is 2.29. The van der Waals surface area contributed by atoms with Gasteiger partial charge in [-0.05, 0) is 37.6 Å². The van der Waals surface area contributed by atoms with Crippen LogP contribution in [0.5, 0.6) is 5.75 Å². The van der Waals surface area contributed by atoms with Gasteiger partial charge in [0.05, 0.1) is 11.5 Å². The van der Waals surface area contributed by atoms with Crippen LogP contribution in [0.2, 0.25) is 0 Å². The number of nitrogens with two attached hydrogens (primary N) is 1. The Kier molecular flexibility index (Phi) is 7.11. The Hall–Kier alpha value is -2.93. The minimum Gasteiger partial charge on any atom is -0.487 e. The van der Waals surface area contributed by atoms with Crippen LogP contribution in [-0.4, -0.2) is 35.4 Å². The molecule has 7 nitrogen and oxygen atoms in total. The maximum absolute atomic E-state index is 12.9. The molecular formula is C19H23N3O4. The molecule has 1 amide bonds. The van der Waals surface area contributed by atoms with E-state index >= 15 is 0 Å². The number of nitrogens with zero attached hydrogens (tertiary/aromatic N) is 2. The van der Waals surface area contributed by atoms with E-state index in [2.05, 4.69) is 0 Å². The van der Waals surface area contributed by atoms with Crippen molar-refractivity contribution in [3.05, 3.63) is 69.8 Å². The van der Waals surface area contributed by atoms with E-state index in [4.69, 9.17) is 10.5 Å². The summed E-state index contributed by atoms with van der Waals surface area (Å²) in [6.07, 6.45) is 0.650. The second-order valence-corrected chi connectivity index (χ2v) is 5.73. The van der Waals surface area contributed by atoms with Crippen LogP contribution in [0, 0.1) is 10.1 Å². The second-order valence-electron chi connectivity index (χ2n) is 5.73. The van der Waals surface area contributed by atoms with Crippen LogP contribution in [0.15, 0.2) is 48.5 Å². The van der Waals surface area contributed by atoms with E-state index in [1.807, 2.05) is 30.3 Å². The standard InChI is InChI=1S/C19H23N3O4/c1-2-26-18-10-9-16(13-17(18)22(24)25)19(23)21(12-6-11-20)14-15-7-4-3-5-8-15/h3-5,7-10,13H,2,6,11-12,14,20H2,1H3. The summed E-state index contributed by atoms with van der Waals surface area (Å²) >= 11 is 0. The first-order valence-corrected chi connectivity index (χ1v) is 8.51. The second kappa shape index (κ2) is 9.53. The fraction of sp³-hybridized carbons (Fsp3) is 0.316. The average molecular weight is 357 g/mol. The van der Waals surface area contributed by atoms with Gasteiger partial charge in [-0.2, -0.15) is 0 Å². The van der Waals surface area contributed by atoms with E-state index in [-0.39, 0.29) is 22.9 Å². The third-order valence-electron chi connectivity index (χ3n) is 3.84. The Bertz CT molecular complexity index is 750. The van der Waals surface area contributed by atoms with Crippen molar-refractivity contribution in [2.24, 2.45) is 5.73 Å². The monoisotopic (exact) mass is 357 g/mol. The fourth-order valence-corrected chi connectivity index (χ4v) is 2.59. The van der Waals surface area contributed by atoms with Crippen molar-refractivity contribution in [1.82, 2.24) is 4.90 Å². The van der Waals surface area contributed by atoms with Crippen molar-refractivity contribution in [3.8, 4) is 5.75 Å². The third kappa shape index (κ3) is 5.03. The Morgan fingerprint density at radius 2 is 1.96 bits per heavy atom. The van der Waals surface area contributed by atoms with Crippen molar-refractivity contribution in [2.45, 2.75) is 19.9 Å². The zero-order valence-electron chi connectivity index (χ0n) is 14.8. The number of amides is 1. The molecule has 0 unspecified atom stereocenters. The van der Waals surface area contributed by atoms with Gasteiger partial charge in [-0.25, -0.2) is 0 Å². The summed E-state index contributed by atoms with van der Waals surface area (Å²) < 4.78 is 5.27. The van der Waals surface area contributed by atoms with E-state index in [1.54, 1.807) is 17.9 Å². The molecule has 2 rings (SSSR count). The highest BCUT2D eigenvalue weighted by atomic mass is 16.6. The summed E-state index contributed by atoms with van der Waals surface area (Å²) in [7, 11) is 0. The summed E-state index contributed by atoms with van der Waals surface area (Å²) in [6, 6.07) is 13.9. The quantitative estimate of drug-likeness (QED) is 0.549. The number of ether oxygens (including phenoxy) is 1. The molecule has 2 aromatic rings. The topological polar surface area (TPSA) is 98.7 Å². The van der Waals surface area contributed by atoms with Gasteiger partial charge in [0.2, 0.25) is 0 Å². The minimum absolute atomic E-state index is 0.158. The van der Waals surface area contributed by atoms with Gasteiger partial charge in [0.25, 0.3) is 5.91 Å². The summed E-state index contributed by atoms with van der Waals surface area (Å²) in [4.78, 5) is 25.3. The number of nitro benzene ring substituents is 1. The number of carbonyl (C=O) groups is 1. The SMILES string of the molecule is CCOc1ccc(C(=O)N(CCCN)Cc2ccccc2)cc1[N+](=O)[O-]. The number of hydrogen-bond acceptors (Lipinski definition) is 5. The Morgan fingerprint density at radius 3 is 2.58 bits per heavy atom. The summed E-state index contributed by atoms with van der Waals surface area (Å²) in [5, 5.41) is 11.3. The largest absolute Gasteiger partial charge is 0.487 e. The van der Waals surface area contributed by atoms with Crippen LogP contribution < -0.4 is 10.5 Å². The van der Waals surface area contributed by atoms with Crippen LogP contribution in [0.4, 0.5) is 5.69 Å². The zero-order chi connectivity index (χ0) is 18.9. The molecule has 0 aliphatic heterocycles. The van der Waals surface area contributed by atoms with Gasteiger partial charge in [0, 0.05) is 24.7 Å². The number of hydrogen-bond donors (Lipinski definition) is 1. The molecule has 0 aliphatic carbocycles. The van der Waals surface area contributed by atoms with Gasteiger partial charge in [0.1, 0.15) is 0 Å². The Labute approximate surface area is 152 Å². The average Bonchev–Trinajstić information content (AvgIpc) is 2.65. The molecule has 0 bridgehead atoms. The van der Waals surface area contributed by atoms with E-state index in [1.165, 1.54) is 12.1 Å². The van der Waals surface area contributed by atoms with E-state index in [0.29, 0.717) is 32.7 Å². The van der Waals surface area contributed by atoms with Crippen LogP contribution >= 0.6 is 0 Å². The molecule has 138 valence electrons. The van der Waals surface area contributed by atoms with Gasteiger partial charge in [0.15, 0.2) is 5.75 Å². The lowest BCUT2D eigenvalue weighted by Gasteiger charge is -2.23. The molecule has 7 heteroatoms. The van der Waals surface area contributed by atoms with E-state index in [0.717, 1.165) is 5.56 Å². The highest BCUT2D eigenvalue weighted by Gasteiger charge is 2.22. The number of carbonyl (C=O) groups excluding carboxylic acids is 1. The summed E-state index contributed by atoms with van der Waals surface area (Å²) in [6.45, 7) is 3.41. The van der Waals surface area contributed by atoms with Crippen LogP contribution in [-0.2, 0) is 6.54 Å².